The molecule has 3 nitrogen and oxygen atoms in total. The summed E-state index contributed by atoms with van der Waals surface area (Å²) in [7, 11) is 0. The minimum absolute atomic E-state index is 0.184. The summed E-state index contributed by atoms with van der Waals surface area (Å²) in [5.41, 5.74) is 2.47. The average Bonchev–Trinajstić information content (AvgIpc) is 2.86. The number of halogens is 5. The van der Waals surface area contributed by atoms with Crippen LogP contribution in [0.2, 0.25) is 0 Å². The van der Waals surface area contributed by atoms with Gasteiger partial charge in [0.25, 0.3) is 0 Å². The van der Waals surface area contributed by atoms with Crippen LogP contribution in [0.1, 0.15) is 67.9 Å². The third-order valence-corrected chi connectivity index (χ3v) is 8.96. The van der Waals surface area contributed by atoms with Gasteiger partial charge < -0.3 is 14.9 Å². The third-order valence-electron chi connectivity index (χ3n) is 6.74. The smallest absolute Gasteiger partial charge is 0.453 e. The summed E-state index contributed by atoms with van der Waals surface area (Å²) in [5, 5.41) is 19.6. The Balaban J connectivity index is 1.31. The Hall–Kier alpha value is -1.65. The minimum atomic E-state index is -5.47. The summed E-state index contributed by atoms with van der Waals surface area (Å²) < 4.78 is 67.7. The molecule has 38 heavy (non-hydrogen) atoms. The van der Waals surface area contributed by atoms with Crippen molar-refractivity contribution in [2.24, 2.45) is 0 Å². The summed E-state index contributed by atoms with van der Waals surface area (Å²) in [6.07, 6.45) is -1.76. The van der Waals surface area contributed by atoms with Gasteiger partial charge in [-0.2, -0.15) is 33.7 Å². The molecule has 2 N–H and O–H groups in total. The zero-order chi connectivity index (χ0) is 27.6. The Morgan fingerprint density at radius 1 is 0.842 bits per heavy atom. The number of unbranched alkanes of at least 4 members (excludes halogenated alkanes) is 3. The van der Waals surface area contributed by atoms with Gasteiger partial charge in [-0.05, 0) is 66.3 Å². The first-order valence-electron chi connectivity index (χ1n) is 12.9. The van der Waals surface area contributed by atoms with Crippen LogP contribution in [0, 0.1) is 0 Å². The number of benzene rings is 2. The molecule has 1 aliphatic heterocycles. The zero-order valence-electron chi connectivity index (χ0n) is 21.2. The van der Waals surface area contributed by atoms with E-state index in [1.54, 1.807) is 30.0 Å². The quantitative estimate of drug-likeness (QED) is 0.163. The van der Waals surface area contributed by atoms with Gasteiger partial charge in [-0.1, -0.05) is 37.5 Å². The monoisotopic (exact) mass is 578 g/mol. The molecule has 0 radical (unpaired) electrons. The Morgan fingerprint density at radius 3 is 2.29 bits per heavy atom. The number of rotatable bonds is 15. The summed E-state index contributed by atoms with van der Waals surface area (Å²) >= 11 is 3.09. The molecule has 0 bridgehead atoms. The molecular formula is C28H35F5O3S2. The van der Waals surface area contributed by atoms with Crippen molar-refractivity contribution in [3.63, 3.8) is 0 Å². The molecule has 0 amide bonds. The predicted octanol–water partition coefficient (Wildman–Crippen LogP) is 8.75. The van der Waals surface area contributed by atoms with E-state index in [4.69, 9.17) is 4.74 Å². The maximum Gasteiger partial charge on any atom is 0.453 e. The van der Waals surface area contributed by atoms with Crippen molar-refractivity contribution in [2.45, 2.75) is 73.8 Å². The molecule has 2 atom stereocenters. The maximum absolute atomic E-state index is 12.9. The van der Waals surface area contributed by atoms with Crippen LogP contribution in [-0.4, -0.2) is 52.8 Å². The lowest BCUT2D eigenvalue weighted by Crippen LogP contribution is -2.36. The summed E-state index contributed by atoms with van der Waals surface area (Å²) in [6.45, 7) is 1.06. The van der Waals surface area contributed by atoms with Crippen LogP contribution in [0.25, 0.3) is 0 Å². The largest absolute Gasteiger partial charge is 0.508 e. The molecule has 1 heterocycles. The highest BCUT2D eigenvalue weighted by atomic mass is 32.2. The van der Waals surface area contributed by atoms with Crippen LogP contribution in [0.3, 0.4) is 0 Å². The molecule has 0 aromatic heterocycles. The van der Waals surface area contributed by atoms with E-state index in [1.807, 2.05) is 24.3 Å². The molecule has 0 saturated heterocycles. The van der Waals surface area contributed by atoms with Crippen LogP contribution >= 0.6 is 23.5 Å². The van der Waals surface area contributed by atoms with Crippen LogP contribution in [0.15, 0.2) is 47.4 Å². The molecule has 0 spiro atoms. The minimum Gasteiger partial charge on any atom is -0.508 e. The number of aromatic hydroxyl groups is 2. The maximum atomic E-state index is 12.9. The lowest BCUT2D eigenvalue weighted by atomic mass is 9.79. The summed E-state index contributed by atoms with van der Waals surface area (Å²) in [5.74, 6) is -1.67. The number of phenols is 2. The molecule has 10 heteroatoms. The second kappa shape index (κ2) is 14.7. The van der Waals surface area contributed by atoms with E-state index >= 15 is 0 Å². The first kappa shape index (κ1) is 30.9. The van der Waals surface area contributed by atoms with E-state index in [2.05, 4.69) is 0 Å². The van der Waals surface area contributed by atoms with Gasteiger partial charge in [-0.25, -0.2) is 0 Å². The molecule has 2 aromatic rings. The van der Waals surface area contributed by atoms with Crippen molar-refractivity contribution in [2.75, 3.05) is 30.5 Å². The number of hydrogen-bond acceptors (Lipinski definition) is 5. The number of thioether (sulfide) groups is 2. The van der Waals surface area contributed by atoms with Gasteiger partial charge >= 0.3 is 12.1 Å². The molecule has 2 unspecified atom stereocenters. The van der Waals surface area contributed by atoms with E-state index in [1.165, 1.54) is 22.9 Å². The predicted molar refractivity (Wildman–Crippen MR) is 144 cm³/mol. The fraction of sp³-hybridized carbons (Fsp3) is 0.571. The van der Waals surface area contributed by atoms with Gasteiger partial charge in [0, 0.05) is 35.3 Å². The van der Waals surface area contributed by atoms with Crippen molar-refractivity contribution in [3.8, 4) is 11.5 Å². The fourth-order valence-electron chi connectivity index (χ4n) is 4.66. The van der Waals surface area contributed by atoms with Gasteiger partial charge in [-0.3, -0.25) is 0 Å². The van der Waals surface area contributed by atoms with E-state index in [9.17, 15) is 32.2 Å². The number of alkyl halides is 5. The summed E-state index contributed by atoms with van der Waals surface area (Å²) in [6, 6.07) is 13.1. The van der Waals surface area contributed by atoms with Crippen LogP contribution in [0.4, 0.5) is 22.0 Å². The molecule has 212 valence electrons. The van der Waals surface area contributed by atoms with Crippen molar-refractivity contribution in [3.05, 3.63) is 53.6 Å². The molecular weight excluding hydrogens is 543 g/mol. The molecule has 0 fully saturated rings. The Kier molecular flexibility index (Phi) is 11.9. The van der Waals surface area contributed by atoms with Gasteiger partial charge in [0.15, 0.2) is 0 Å². The normalized spacial score (nSPS) is 17.9. The second-order valence-electron chi connectivity index (χ2n) is 9.57. The van der Waals surface area contributed by atoms with Crippen molar-refractivity contribution >= 4 is 23.5 Å². The molecule has 0 saturated carbocycles. The molecule has 2 aromatic carbocycles. The van der Waals surface area contributed by atoms with Crippen molar-refractivity contribution < 1.29 is 36.9 Å². The first-order chi connectivity index (χ1) is 18.1. The van der Waals surface area contributed by atoms with E-state index < -0.39 is 18.5 Å². The van der Waals surface area contributed by atoms with Crippen LogP contribution in [-0.2, 0) is 4.74 Å². The lowest BCUT2D eigenvalue weighted by molar-refractivity contribution is -0.284. The SMILES string of the molecule is Oc1ccc(C2CSc3cc(O)ccc3C2CCCCCCOCCSCCCC(F)(F)C(F)(F)F)cc1. The van der Waals surface area contributed by atoms with Crippen LogP contribution < -0.4 is 0 Å². The zero-order valence-corrected chi connectivity index (χ0v) is 22.8. The molecule has 3 rings (SSSR count). The highest BCUT2D eigenvalue weighted by molar-refractivity contribution is 7.99. The molecule has 0 aliphatic carbocycles. The fourth-order valence-corrected chi connectivity index (χ4v) is 6.82. The van der Waals surface area contributed by atoms with Gasteiger partial charge in [0.05, 0.1) is 6.61 Å². The number of phenolic OH excluding ortho intramolecular Hbond substituents is 2. The highest BCUT2D eigenvalue weighted by Gasteiger charge is 2.56. The first-order valence-corrected chi connectivity index (χ1v) is 15.1. The van der Waals surface area contributed by atoms with Gasteiger partial charge in [0.1, 0.15) is 11.5 Å². The summed E-state index contributed by atoms with van der Waals surface area (Å²) in [4.78, 5) is 1.13. The van der Waals surface area contributed by atoms with Gasteiger partial charge in [-0.15, -0.1) is 11.8 Å². The van der Waals surface area contributed by atoms with Crippen LogP contribution in [0.5, 0.6) is 11.5 Å². The van der Waals surface area contributed by atoms with Crippen molar-refractivity contribution in [1.82, 2.24) is 0 Å². The molecule has 1 aliphatic rings. The Labute approximate surface area is 229 Å². The lowest BCUT2D eigenvalue weighted by Gasteiger charge is -2.34. The van der Waals surface area contributed by atoms with E-state index in [0.29, 0.717) is 30.8 Å². The Bertz CT molecular complexity index is 985. The number of fused-ring (bicyclic) bond motifs is 1. The number of ether oxygens (including phenoxy) is 1. The Morgan fingerprint density at radius 2 is 1.55 bits per heavy atom. The number of hydrogen-bond donors (Lipinski definition) is 2. The second-order valence-corrected chi connectivity index (χ2v) is 11.9. The van der Waals surface area contributed by atoms with E-state index in [-0.39, 0.29) is 23.7 Å². The van der Waals surface area contributed by atoms with Gasteiger partial charge in [0.2, 0.25) is 0 Å². The standard InChI is InChI=1S/C28H35F5O3S2/c29-27(30,28(31,32)33)13-5-16-37-17-15-36-14-4-2-1-3-6-23-24-12-11-22(35)18-26(24)38-19-25(23)20-7-9-21(34)10-8-20/h7-12,18,23,25,34-35H,1-6,13-17,19H2. The topological polar surface area (TPSA) is 49.7 Å². The highest BCUT2D eigenvalue weighted by Crippen LogP contribution is 2.49. The van der Waals surface area contributed by atoms with Crippen molar-refractivity contribution in [1.29, 1.82) is 0 Å². The third kappa shape index (κ3) is 9.23. The average molecular weight is 579 g/mol. The van der Waals surface area contributed by atoms with E-state index in [0.717, 1.165) is 42.8 Å².